The van der Waals surface area contributed by atoms with Gasteiger partial charge in [-0.3, -0.25) is 4.90 Å². The van der Waals surface area contributed by atoms with Gasteiger partial charge in [0.1, 0.15) is 0 Å². The van der Waals surface area contributed by atoms with Crippen molar-refractivity contribution in [2.75, 3.05) is 13.6 Å². The molecule has 2 N–H and O–H groups in total. The fourth-order valence-corrected chi connectivity index (χ4v) is 2.95. The van der Waals surface area contributed by atoms with Crippen molar-refractivity contribution in [2.45, 2.75) is 60.0 Å². The van der Waals surface area contributed by atoms with Crippen molar-refractivity contribution in [1.82, 2.24) is 4.90 Å². The van der Waals surface area contributed by atoms with E-state index in [1.807, 2.05) is 0 Å². The zero-order valence-electron chi connectivity index (χ0n) is 14.3. The molecule has 1 aromatic rings. The van der Waals surface area contributed by atoms with Crippen LogP contribution in [-0.4, -0.2) is 24.5 Å². The molecule has 0 aliphatic rings. The molecule has 1 rings (SSSR count). The first kappa shape index (κ1) is 17.2. The highest BCUT2D eigenvalue weighted by molar-refractivity contribution is 5.39. The fraction of sp³-hybridized carbons (Fsp3) is 0.667. The van der Waals surface area contributed by atoms with E-state index in [0.717, 1.165) is 13.0 Å². The first-order chi connectivity index (χ1) is 9.23. The Morgan fingerprint density at radius 1 is 1.05 bits per heavy atom. The second-order valence-corrected chi connectivity index (χ2v) is 6.67. The Kier molecular flexibility index (Phi) is 6.22. The molecule has 1 aromatic carbocycles. The lowest BCUT2D eigenvalue weighted by Crippen LogP contribution is -2.33. The zero-order chi connectivity index (χ0) is 15.4. The van der Waals surface area contributed by atoms with E-state index in [2.05, 4.69) is 65.6 Å². The number of aryl methyl sites for hydroxylation is 3. The van der Waals surface area contributed by atoms with E-state index < -0.39 is 0 Å². The minimum atomic E-state index is 0.296. The van der Waals surface area contributed by atoms with Crippen LogP contribution in [0.1, 0.15) is 55.5 Å². The van der Waals surface area contributed by atoms with E-state index in [1.165, 1.54) is 22.3 Å². The highest BCUT2D eigenvalue weighted by Gasteiger charge is 2.17. The minimum absolute atomic E-state index is 0.296. The molecule has 0 heterocycles. The molecule has 0 saturated heterocycles. The molecule has 0 spiro atoms. The van der Waals surface area contributed by atoms with Gasteiger partial charge in [0.15, 0.2) is 0 Å². The molecule has 20 heavy (non-hydrogen) atoms. The van der Waals surface area contributed by atoms with Gasteiger partial charge in [-0.1, -0.05) is 31.5 Å². The van der Waals surface area contributed by atoms with Gasteiger partial charge in [-0.15, -0.1) is 0 Å². The number of hydrogen-bond acceptors (Lipinski definition) is 2. The maximum atomic E-state index is 6.16. The van der Waals surface area contributed by atoms with Gasteiger partial charge in [0.2, 0.25) is 0 Å². The molecule has 0 fully saturated rings. The maximum Gasteiger partial charge on any atom is 0.0322 e. The van der Waals surface area contributed by atoms with Crippen molar-refractivity contribution in [3.8, 4) is 0 Å². The largest absolute Gasteiger partial charge is 0.327 e. The molecular weight excluding hydrogens is 244 g/mol. The predicted molar refractivity (Wildman–Crippen MR) is 89.1 cm³/mol. The molecule has 0 radical (unpaired) electrons. The van der Waals surface area contributed by atoms with E-state index in [1.54, 1.807) is 0 Å². The highest BCUT2D eigenvalue weighted by Crippen LogP contribution is 2.27. The molecule has 0 amide bonds. The number of hydrogen-bond donors (Lipinski definition) is 1. The SMILES string of the molecule is Cc1cc(C)c(C(C)N(C)CCC(N)C(C)C)c(C)c1. The third-order valence-electron chi connectivity index (χ3n) is 4.49. The monoisotopic (exact) mass is 276 g/mol. The third-order valence-corrected chi connectivity index (χ3v) is 4.49. The average molecular weight is 276 g/mol. The Morgan fingerprint density at radius 3 is 2.00 bits per heavy atom. The molecular formula is C18H32N2. The molecule has 0 aliphatic carbocycles. The summed E-state index contributed by atoms with van der Waals surface area (Å²) >= 11 is 0. The number of nitrogens with two attached hydrogens (primary N) is 1. The normalized spacial score (nSPS) is 14.9. The van der Waals surface area contributed by atoms with Gasteiger partial charge in [-0.05, 0) is 70.3 Å². The van der Waals surface area contributed by atoms with Gasteiger partial charge in [-0.25, -0.2) is 0 Å². The first-order valence-corrected chi connectivity index (χ1v) is 7.77. The fourth-order valence-electron chi connectivity index (χ4n) is 2.95. The van der Waals surface area contributed by atoms with E-state index in [9.17, 15) is 0 Å². The van der Waals surface area contributed by atoms with E-state index in [-0.39, 0.29) is 0 Å². The smallest absolute Gasteiger partial charge is 0.0322 e. The van der Waals surface area contributed by atoms with Gasteiger partial charge in [-0.2, -0.15) is 0 Å². The standard InChI is InChI=1S/C18H32N2/c1-12(2)17(19)8-9-20(7)16(6)18-14(4)10-13(3)11-15(18)5/h10-12,16-17H,8-9,19H2,1-7H3. The molecule has 0 saturated carbocycles. The van der Waals surface area contributed by atoms with Crippen molar-refractivity contribution in [3.63, 3.8) is 0 Å². The van der Waals surface area contributed by atoms with Gasteiger partial charge in [0, 0.05) is 12.1 Å². The lowest BCUT2D eigenvalue weighted by molar-refractivity contribution is 0.242. The Balaban J connectivity index is 2.77. The Hall–Kier alpha value is -0.860. The summed E-state index contributed by atoms with van der Waals surface area (Å²) in [5.41, 5.74) is 11.8. The van der Waals surface area contributed by atoms with Crippen LogP contribution in [0.25, 0.3) is 0 Å². The molecule has 114 valence electrons. The summed E-state index contributed by atoms with van der Waals surface area (Å²) in [4.78, 5) is 2.42. The second-order valence-electron chi connectivity index (χ2n) is 6.67. The van der Waals surface area contributed by atoms with E-state index in [4.69, 9.17) is 5.73 Å². The van der Waals surface area contributed by atoms with Crippen LogP contribution in [0, 0.1) is 26.7 Å². The summed E-state index contributed by atoms with van der Waals surface area (Å²) in [6, 6.07) is 5.30. The molecule has 0 bridgehead atoms. The van der Waals surface area contributed by atoms with Crippen LogP contribution in [0.3, 0.4) is 0 Å². The van der Waals surface area contributed by atoms with Crippen LogP contribution in [0.2, 0.25) is 0 Å². The van der Waals surface area contributed by atoms with Gasteiger partial charge >= 0.3 is 0 Å². The summed E-state index contributed by atoms with van der Waals surface area (Å²) in [6.45, 7) is 14.3. The summed E-state index contributed by atoms with van der Waals surface area (Å²) in [7, 11) is 2.20. The van der Waals surface area contributed by atoms with Crippen LogP contribution in [0.15, 0.2) is 12.1 Å². The Bertz CT molecular complexity index is 414. The van der Waals surface area contributed by atoms with E-state index >= 15 is 0 Å². The van der Waals surface area contributed by atoms with Crippen molar-refractivity contribution >= 4 is 0 Å². The molecule has 0 aromatic heterocycles. The topological polar surface area (TPSA) is 29.3 Å². The van der Waals surface area contributed by atoms with Crippen LogP contribution < -0.4 is 5.73 Å². The Labute approximate surface area is 125 Å². The molecule has 2 atom stereocenters. The van der Waals surface area contributed by atoms with Crippen LogP contribution in [0.5, 0.6) is 0 Å². The Morgan fingerprint density at radius 2 is 1.55 bits per heavy atom. The maximum absolute atomic E-state index is 6.16. The number of rotatable bonds is 6. The summed E-state index contributed by atoms with van der Waals surface area (Å²) in [6.07, 6.45) is 1.06. The second kappa shape index (κ2) is 7.24. The van der Waals surface area contributed by atoms with Gasteiger partial charge in [0.25, 0.3) is 0 Å². The van der Waals surface area contributed by atoms with Crippen molar-refractivity contribution in [3.05, 3.63) is 34.4 Å². The summed E-state index contributed by atoms with van der Waals surface area (Å²) in [5, 5.41) is 0. The average Bonchev–Trinajstić information content (AvgIpc) is 2.33. The van der Waals surface area contributed by atoms with Crippen LogP contribution in [-0.2, 0) is 0 Å². The van der Waals surface area contributed by atoms with Crippen molar-refractivity contribution in [2.24, 2.45) is 11.7 Å². The summed E-state index contributed by atoms with van der Waals surface area (Å²) in [5.74, 6) is 0.557. The van der Waals surface area contributed by atoms with Crippen LogP contribution >= 0.6 is 0 Å². The van der Waals surface area contributed by atoms with Gasteiger partial charge in [0.05, 0.1) is 0 Å². The predicted octanol–water partition coefficient (Wildman–Crippen LogP) is 3.98. The molecule has 0 aliphatic heterocycles. The van der Waals surface area contributed by atoms with Crippen molar-refractivity contribution in [1.29, 1.82) is 0 Å². The minimum Gasteiger partial charge on any atom is -0.327 e. The number of nitrogens with zero attached hydrogens (tertiary/aromatic N) is 1. The molecule has 2 nitrogen and oxygen atoms in total. The molecule has 2 unspecified atom stereocenters. The quantitative estimate of drug-likeness (QED) is 0.851. The van der Waals surface area contributed by atoms with Crippen LogP contribution in [0.4, 0.5) is 0 Å². The lowest BCUT2D eigenvalue weighted by Gasteiger charge is -2.29. The lowest BCUT2D eigenvalue weighted by atomic mass is 9.93. The van der Waals surface area contributed by atoms with E-state index in [0.29, 0.717) is 18.0 Å². The third kappa shape index (κ3) is 4.32. The van der Waals surface area contributed by atoms with Gasteiger partial charge < -0.3 is 5.73 Å². The zero-order valence-corrected chi connectivity index (χ0v) is 14.3. The molecule has 2 heteroatoms. The highest BCUT2D eigenvalue weighted by atomic mass is 15.1. The number of benzene rings is 1. The summed E-state index contributed by atoms with van der Waals surface area (Å²) < 4.78 is 0. The first-order valence-electron chi connectivity index (χ1n) is 7.77. The van der Waals surface area contributed by atoms with Crippen molar-refractivity contribution < 1.29 is 0 Å².